The number of para-hydroxylation sites is 1. The number of hydrogen-bond acceptors (Lipinski definition) is 3. The molecule has 144 valence electrons. The maximum absolute atomic E-state index is 12.7. The number of H-pyrrole nitrogens is 1. The summed E-state index contributed by atoms with van der Waals surface area (Å²) in [6.07, 6.45) is 2.48. The maximum Gasteiger partial charge on any atom is 0.251 e. The topological polar surface area (TPSA) is 68.4 Å². The van der Waals surface area contributed by atoms with Gasteiger partial charge in [0.1, 0.15) is 0 Å². The molecule has 0 unspecified atom stereocenters. The lowest BCUT2D eigenvalue weighted by molar-refractivity contribution is 0.0916. The second kappa shape index (κ2) is 9.23. The van der Waals surface area contributed by atoms with Crippen molar-refractivity contribution in [2.45, 2.75) is 12.5 Å². The molecule has 0 aliphatic carbocycles. The molecule has 1 heterocycles. The smallest absolute Gasteiger partial charge is 0.251 e. The molecule has 0 aliphatic heterocycles. The van der Waals surface area contributed by atoms with Gasteiger partial charge in [-0.25, -0.2) is 0 Å². The summed E-state index contributed by atoms with van der Waals surface area (Å²) >= 11 is 0. The minimum atomic E-state index is -0.366. The van der Waals surface area contributed by atoms with E-state index < -0.39 is 0 Å². The normalized spacial score (nSPS) is 11.9. The Hall–Kier alpha value is -3.07. The van der Waals surface area contributed by atoms with E-state index in [1.807, 2.05) is 61.6 Å². The fraction of sp³-hybridized carbons (Fsp3) is 0.261. The highest BCUT2D eigenvalue weighted by molar-refractivity contribution is 5.94. The van der Waals surface area contributed by atoms with Crippen LogP contribution in [0.2, 0.25) is 0 Å². The number of aliphatic hydroxyl groups excluding tert-OH is 1. The number of nitrogens with zero attached hydrogens (tertiary/aromatic N) is 1. The Morgan fingerprint density at radius 1 is 1.21 bits per heavy atom. The Morgan fingerprint density at radius 3 is 2.82 bits per heavy atom. The van der Waals surface area contributed by atoms with Gasteiger partial charge in [-0.3, -0.25) is 9.69 Å². The third kappa shape index (κ3) is 5.01. The van der Waals surface area contributed by atoms with Crippen molar-refractivity contribution in [1.82, 2.24) is 15.2 Å². The van der Waals surface area contributed by atoms with Crippen LogP contribution in [0.3, 0.4) is 0 Å². The van der Waals surface area contributed by atoms with E-state index >= 15 is 0 Å². The lowest BCUT2D eigenvalue weighted by Gasteiger charge is -2.16. The van der Waals surface area contributed by atoms with E-state index in [1.165, 1.54) is 0 Å². The van der Waals surface area contributed by atoms with Gasteiger partial charge in [0.05, 0.1) is 19.2 Å². The Morgan fingerprint density at radius 2 is 2.04 bits per heavy atom. The first-order valence-corrected chi connectivity index (χ1v) is 9.27. The summed E-state index contributed by atoms with van der Waals surface area (Å²) in [7, 11) is 3.92. The fourth-order valence-corrected chi connectivity index (χ4v) is 3.03. The SMILES string of the molecule is CN(C)CC#Cc1cccc(C(=O)N[C@@H](CO)Cc2c[nH]c3ccccc23)c1. The molecule has 1 aromatic heterocycles. The number of amides is 1. The van der Waals surface area contributed by atoms with Crippen LogP contribution in [0.4, 0.5) is 0 Å². The molecule has 0 spiro atoms. The number of aliphatic hydroxyl groups is 1. The van der Waals surface area contributed by atoms with Crippen LogP contribution in [-0.2, 0) is 6.42 Å². The number of hydrogen-bond donors (Lipinski definition) is 3. The molecule has 3 rings (SSSR count). The van der Waals surface area contributed by atoms with Crippen LogP contribution in [0.1, 0.15) is 21.5 Å². The van der Waals surface area contributed by atoms with Crippen molar-refractivity contribution in [2.75, 3.05) is 27.2 Å². The zero-order chi connectivity index (χ0) is 19.9. The molecular weight excluding hydrogens is 350 g/mol. The van der Waals surface area contributed by atoms with Gasteiger partial charge >= 0.3 is 0 Å². The fourth-order valence-electron chi connectivity index (χ4n) is 3.03. The highest BCUT2D eigenvalue weighted by Gasteiger charge is 2.15. The van der Waals surface area contributed by atoms with Crippen molar-refractivity contribution in [3.8, 4) is 11.8 Å². The molecule has 2 aromatic carbocycles. The Kier molecular flexibility index (Phi) is 6.49. The van der Waals surface area contributed by atoms with Gasteiger partial charge in [0.2, 0.25) is 0 Å². The van der Waals surface area contributed by atoms with Crippen LogP contribution >= 0.6 is 0 Å². The van der Waals surface area contributed by atoms with E-state index in [0.29, 0.717) is 18.5 Å². The molecule has 0 saturated carbocycles. The monoisotopic (exact) mass is 375 g/mol. The van der Waals surface area contributed by atoms with E-state index in [0.717, 1.165) is 22.0 Å². The van der Waals surface area contributed by atoms with Crippen LogP contribution < -0.4 is 5.32 Å². The highest BCUT2D eigenvalue weighted by atomic mass is 16.3. The largest absolute Gasteiger partial charge is 0.394 e. The summed E-state index contributed by atoms with van der Waals surface area (Å²) in [5.74, 6) is 5.92. The summed E-state index contributed by atoms with van der Waals surface area (Å²) < 4.78 is 0. The first-order chi connectivity index (χ1) is 13.6. The third-order valence-electron chi connectivity index (χ3n) is 4.45. The van der Waals surface area contributed by atoms with E-state index in [1.54, 1.807) is 12.1 Å². The van der Waals surface area contributed by atoms with Gasteiger partial charge in [-0.2, -0.15) is 0 Å². The lowest BCUT2D eigenvalue weighted by atomic mass is 10.0. The van der Waals surface area contributed by atoms with Gasteiger partial charge in [-0.05, 0) is 50.3 Å². The number of fused-ring (bicyclic) bond motifs is 1. The Bertz CT molecular complexity index is 1010. The van der Waals surface area contributed by atoms with E-state index in [9.17, 15) is 9.90 Å². The first kappa shape index (κ1) is 19.7. The van der Waals surface area contributed by atoms with Crippen LogP contribution in [0.25, 0.3) is 10.9 Å². The van der Waals surface area contributed by atoms with Gasteiger partial charge in [0, 0.05) is 28.2 Å². The van der Waals surface area contributed by atoms with Crippen molar-refractivity contribution >= 4 is 16.8 Å². The molecule has 0 aliphatic rings. The summed E-state index contributed by atoms with van der Waals surface area (Å²) in [6, 6.07) is 14.9. The van der Waals surface area contributed by atoms with Crippen LogP contribution in [0.15, 0.2) is 54.7 Å². The second-order valence-corrected chi connectivity index (χ2v) is 7.04. The van der Waals surface area contributed by atoms with Crippen molar-refractivity contribution in [2.24, 2.45) is 0 Å². The minimum Gasteiger partial charge on any atom is -0.394 e. The zero-order valence-electron chi connectivity index (χ0n) is 16.2. The molecule has 0 bridgehead atoms. The van der Waals surface area contributed by atoms with Crippen molar-refractivity contribution in [3.63, 3.8) is 0 Å². The van der Waals surface area contributed by atoms with Crippen LogP contribution in [0.5, 0.6) is 0 Å². The number of rotatable bonds is 6. The van der Waals surface area contributed by atoms with Gasteiger partial charge < -0.3 is 15.4 Å². The summed E-state index contributed by atoms with van der Waals surface area (Å²) in [5.41, 5.74) is 3.45. The molecular formula is C23H25N3O2. The molecule has 28 heavy (non-hydrogen) atoms. The summed E-state index contributed by atoms with van der Waals surface area (Å²) in [4.78, 5) is 17.9. The van der Waals surface area contributed by atoms with E-state index in [-0.39, 0.29) is 18.6 Å². The molecule has 1 amide bonds. The molecule has 0 fully saturated rings. The van der Waals surface area contributed by atoms with Crippen LogP contribution in [0, 0.1) is 11.8 Å². The predicted octanol–water partition coefficient (Wildman–Crippen LogP) is 2.41. The first-order valence-electron chi connectivity index (χ1n) is 9.27. The maximum atomic E-state index is 12.7. The standard InChI is InChI=1S/C23H25N3O2/c1-26(2)12-6-8-17-7-5-9-18(13-17)23(28)25-20(16-27)14-19-15-24-22-11-4-3-10-21(19)22/h3-5,7,9-11,13,15,20,24,27H,12,14,16H2,1-2H3,(H,25,28)/t20-/m1/s1. The number of benzene rings is 2. The molecule has 0 radical (unpaired) electrons. The van der Waals surface area contributed by atoms with E-state index in [4.69, 9.17) is 0 Å². The quantitative estimate of drug-likeness (QED) is 0.580. The average Bonchev–Trinajstić information content (AvgIpc) is 3.10. The summed E-state index contributed by atoms with van der Waals surface area (Å²) in [6.45, 7) is 0.529. The highest BCUT2D eigenvalue weighted by Crippen LogP contribution is 2.19. The molecule has 5 nitrogen and oxygen atoms in total. The van der Waals surface area contributed by atoms with Crippen molar-refractivity contribution in [1.29, 1.82) is 0 Å². The second-order valence-electron chi connectivity index (χ2n) is 7.04. The van der Waals surface area contributed by atoms with Gasteiger partial charge in [-0.15, -0.1) is 0 Å². The Labute approximate surface area is 165 Å². The number of aromatic amines is 1. The molecule has 5 heteroatoms. The number of aromatic nitrogens is 1. The molecule has 3 aromatic rings. The zero-order valence-corrected chi connectivity index (χ0v) is 16.2. The van der Waals surface area contributed by atoms with Gasteiger partial charge in [0.25, 0.3) is 5.91 Å². The van der Waals surface area contributed by atoms with Crippen molar-refractivity contribution in [3.05, 3.63) is 71.4 Å². The molecule has 3 N–H and O–H groups in total. The Balaban J connectivity index is 1.69. The van der Waals surface area contributed by atoms with E-state index in [2.05, 4.69) is 22.1 Å². The predicted molar refractivity (Wildman–Crippen MR) is 112 cm³/mol. The molecule has 0 saturated heterocycles. The number of nitrogens with one attached hydrogen (secondary N) is 2. The molecule has 1 atom stereocenters. The number of carbonyl (C=O) groups excluding carboxylic acids is 1. The number of carbonyl (C=O) groups is 1. The van der Waals surface area contributed by atoms with Crippen LogP contribution in [-0.4, -0.2) is 54.2 Å². The minimum absolute atomic E-state index is 0.131. The van der Waals surface area contributed by atoms with Crippen molar-refractivity contribution < 1.29 is 9.90 Å². The van der Waals surface area contributed by atoms with Gasteiger partial charge in [0.15, 0.2) is 0 Å². The average molecular weight is 375 g/mol. The lowest BCUT2D eigenvalue weighted by Crippen LogP contribution is -2.39. The van der Waals surface area contributed by atoms with Gasteiger partial charge in [-0.1, -0.05) is 36.1 Å². The summed E-state index contributed by atoms with van der Waals surface area (Å²) in [5, 5.41) is 13.8. The third-order valence-corrected chi connectivity index (χ3v) is 4.45.